The average Bonchev–Trinajstić information content (AvgIpc) is 2.46. The van der Waals surface area contributed by atoms with Crippen molar-refractivity contribution in [3.63, 3.8) is 0 Å². The van der Waals surface area contributed by atoms with Crippen LogP contribution in [0.25, 0.3) is 0 Å². The van der Waals surface area contributed by atoms with E-state index in [2.05, 4.69) is 9.97 Å². The molecule has 1 aliphatic rings. The van der Waals surface area contributed by atoms with Gasteiger partial charge in [-0.15, -0.1) is 0 Å². The number of amides is 1. The van der Waals surface area contributed by atoms with Crippen molar-refractivity contribution in [1.82, 2.24) is 14.9 Å². The maximum Gasteiger partial charge on any atom is 0.434 e. The van der Waals surface area contributed by atoms with Gasteiger partial charge in [0, 0.05) is 13.1 Å². The second-order valence-electron chi connectivity index (χ2n) is 5.47. The fraction of sp³-hybridized carbons (Fsp3) is 0.643. The average molecular weight is 332 g/mol. The van der Waals surface area contributed by atoms with Gasteiger partial charge in [0.1, 0.15) is 5.82 Å². The lowest BCUT2D eigenvalue weighted by atomic mass is 10.1. The topological polar surface area (TPSA) is 58.6 Å². The molecule has 1 aromatic rings. The van der Waals surface area contributed by atoms with Crippen molar-refractivity contribution in [3.8, 4) is 0 Å². The maximum absolute atomic E-state index is 12.5. The zero-order chi connectivity index (χ0) is 17.2. The number of anilines is 1. The number of nitrogens with zero attached hydrogens (tertiary/aromatic N) is 4. The van der Waals surface area contributed by atoms with E-state index in [0.29, 0.717) is 25.5 Å². The van der Waals surface area contributed by atoms with Gasteiger partial charge >= 0.3 is 12.3 Å². The van der Waals surface area contributed by atoms with E-state index in [1.54, 1.807) is 11.8 Å². The summed E-state index contributed by atoms with van der Waals surface area (Å²) in [6, 6.07) is -0.302. The van der Waals surface area contributed by atoms with Gasteiger partial charge in [-0.1, -0.05) is 0 Å². The van der Waals surface area contributed by atoms with Crippen LogP contribution in [0, 0.1) is 0 Å². The third-order valence-electron chi connectivity index (χ3n) is 3.65. The van der Waals surface area contributed by atoms with Gasteiger partial charge in [-0.3, -0.25) is 4.90 Å². The Kier molecular flexibility index (Phi) is 4.96. The lowest BCUT2D eigenvalue weighted by Crippen LogP contribution is -2.59. The molecule has 0 saturated carbocycles. The van der Waals surface area contributed by atoms with Gasteiger partial charge in [0.2, 0.25) is 0 Å². The predicted molar refractivity (Wildman–Crippen MR) is 77.0 cm³/mol. The first kappa shape index (κ1) is 17.3. The first-order valence-electron chi connectivity index (χ1n) is 7.33. The first-order chi connectivity index (χ1) is 10.7. The molecular formula is C14H19F3N4O2. The zero-order valence-electron chi connectivity index (χ0n) is 13.2. The van der Waals surface area contributed by atoms with Gasteiger partial charge in [0.15, 0.2) is 5.69 Å². The second-order valence-corrected chi connectivity index (χ2v) is 5.47. The van der Waals surface area contributed by atoms with Crippen molar-refractivity contribution in [3.05, 3.63) is 18.1 Å². The Morgan fingerprint density at radius 3 is 2.30 bits per heavy atom. The van der Waals surface area contributed by atoms with E-state index in [1.165, 1.54) is 0 Å². The van der Waals surface area contributed by atoms with E-state index in [9.17, 15) is 18.0 Å². The summed E-state index contributed by atoms with van der Waals surface area (Å²) in [4.78, 5) is 22.7. The van der Waals surface area contributed by atoms with Crippen LogP contribution in [-0.2, 0) is 10.9 Å². The van der Waals surface area contributed by atoms with Crippen molar-refractivity contribution in [2.24, 2.45) is 0 Å². The van der Waals surface area contributed by atoms with E-state index >= 15 is 0 Å². The highest BCUT2D eigenvalue weighted by molar-refractivity contribution is 5.69. The molecule has 0 aliphatic carbocycles. The summed E-state index contributed by atoms with van der Waals surface area (Å²) >= 11 is 0. The summed E-state index contributed by atoms with van der Waals surface area (Å²) in [6.07, 6.45) is -3.05. The fourth-order valence-electron chi connectivity index (χ4n) is 2.70. The molecule has 6 nitrogen and oxygen atoms in total. The summed E-state index contributed by atoms with van der Waals surface area (Å²) in [7, 11) is 0. The molecule has 0 N–H and O–H groups in total. The molecule has 2 atom stereocenters. The van der Waals surface area contributed by atoms with E-state index in [4.69, 9.17) is 4.74 Å². The molecule has 9 heteroatoms. The molecule has 23 heavy (non-hydrogen) atoms. The van der Waals surface area contributed by atoms with Gasteiger partial charge in [0.05, 0.1) is 31.1 Å². The number of aromatic nitrogens is 2. The molecule has 0 radical (unpaired) electrons. The number of rotatable bonds is 2. The molecule has 1 amide bonds. The molecule has 2 rings (SSSR count). The summed E-state index contributed by atoms with van der Waals surface area (Å²) in [5.74, 6) is 0.361. The smallest absolute Gasteiger partial charge is 0.434 e. The normalized spacial score (nSPS) is 22.2. The van der Waals surface area contributed by atoms with Crippen molar-refractivity contribution >= 4 is 11.9 Å². The van der Waals surface area contributed by atoms with Crippen molar-refractivity contribution in [1.29, 1.82) is 0 Å². The summed E-state index contributed by atoms with van der Waals surface area (Å²) < 4.78 is 42.6. The van der Waals surface area contributed by atoms with Crippen LogP contribution in [0.5, 0.6) is 0 Å². The number of piperazine rings is 1. The standard InChI is InChI=1S/C14H19F3N4O2/c1-4-23-13(22)21-9(2)7-20(8-10(21)3)12-6-18-11(5-19-12)14(15,16)17/h5-6,9-10H,4,7-8H2,1-3H3/t9-,10+. The van der Waals surface area contributed by atoms with Crippen molar-refractivity contribution in [2.75, 3.05) is 24.6 Å². The molecule has 1 aliphatic heterocycles. The van der Waals surface area contributed by atoms with Crippen LogP contribution in [0.15, 0.2) is 12.4 Å². The second kappa shape index (κ2) is 6.59. The van der Waals surface area contributed by atoms with Crippen LogP contribution in [0.4, 0.5) is 23.8 Å². The largest absolute Gasteiger partial charge is 0.450 e. The lowest BCUT2D eigenvalue weighted by molar-refractivity contribution is -0.141. The highest BCUT2D eigenvalue weighted by Gasteiger charge is 2.36. The van der Waals surface area contributed by atoms with Gasteiger partial charge in [-0.05, 0) is 20.8 Å². The SMILES string of the molecule is CCOC(=O)N1[C@H](C)CN(c2cnc(C(F)(F)F)cn2)C[C@@H]1C. The van der Waals surface area contributed by atoms with Gasteiger partial charge < -0.3 is 9.64 Å². The minimum atomic E-state index is -4.51. The summed E-state index contributed by atoms with van der Waals surface area (Å²) in [6.45, 7) is 6.64. The third-order valence-corrected chi connectivity index (χ3v) is 3.65. The number of carbonyl (C=O) groups is 1. The van der Waals surface area contributed by atoms with Crippen LogP contribution in [0.2, 0.25) is 0 Å². The predicted octanol–water partition coefficient (Wildman–Crippen LogP) is 2.55. The quantitative estimate of drug-likeness (QED) is 0.833. The highest BCUT2D eigenvalue weighted by Crippen LogP contribution is 2.28. The summed E-state index contributed by atoms with van der Waals surface area (Å²) in [5.41, 5.74) is -1.02. The van der Waals surface area contributed by atoms with E-state index in [1.807, 2.05) is 18.7 Å². The number of alkyl halides is 3. The maximum atomic E-state index is 12.5. The molecule has 2 heterocycles. The Morgan fingerprint density at radius 1 is 1.26 bits per heavy atom. The van der Waals surface area contributed by atoms with E-state index in [-0.39, 0.29) is 18.2 Å². The molecule has 0 bridgehead atoms. The Labute approximate surface area is 132 Å². The highest BCUT2D eigenvalue weighted by atomic mass is 19.4. The molecule has 1 aromatic heterocycles. The zero-order valence-corrected chi connectivity index (χ0v) is 13.2. The number of ether oxygens (including phenoxy) is 1. The minimum Gasteiger partial charge on any atom is -0.450 e. The Balaban J connectivity index is 2.11. The molecule has 0 unspecified atom stereocenters. The Hall–Kier alpha value is -2.06. The Morgan fingerprint density at radius 2 is 1.87 bits per heavy atom. The van der Waals surface area contributed by atoms with Crippen LogP contribution in [-0.4, -0.2) is 52.7 Å². The van der Waals surface area contributed by atoms with Gasteiger partial charge in [-0.2, -0.15) is 13.2 Å². The van der Waals surface area contributed by atoms with Crippen LogP contribution >= 0.6 is 0 Å². The van der Waals surface area contributed by atoms with Crippen molar-refractivity contribution < 1.29 is 22.7 Å². The molecule has 1 fully saturated rings. The van der Waals surface area contributed by atoms with Crippen molar-refractivity contribution in [2.45, 2.75) is 39.0 Å². The summed E-state index contributed by atoms with van der Waals surface area (Å²) in [5, 5.41) is 0. The third kappa shape index (κ3) is 3.83. The minimum absolute atomic E-state index is 0.151. The van der Waals surface area contributed by atoms with Crippen LogP contribution < -0.4 is 4.90 Å². The number of halogens is 3. The number of hydrogen-bond donors (Lipinski definition) is 0. The first-order valence-corrected chi connectivity index (χ1v) is 7.33. The van der Waals surface area contributed by atoms with E-state index < -0.39 is 11.9 Å². The molecule has 0 aromatic carbocycles. The molecule has 1 saturated heterocycles. The molecule has 0 spiro atoms. The molecular weight excluding hydrogens is 313 g/mol. The lowest BCUT2D eigenvalue weighted by Gasteiger charge is -2.43. The Bertz CT molecular complexity index is 538. The number of carbonyl (C=O) groups excluding carboxylic acids is 1. The fourth-order valence-corrected chi connectivity index (χ4v) is 2.70. The number of hydrogen-bond acceptors (Lipinski definition) is 5. The van der Waals surface area contributed by atoms with Gasteiger partial charge in [0.25, 0.3) is 0 Å². The van der Waals surface area contributed by atoms with E-state index in [0.717, 1.165) is 12.4 Å². The van der Waals surface area contributed by atoms with Gasteiger partial charge in [-0.25, -0.2) is 14.8 Å². The molecule has 128 valence electrons. The van der Waals surface area contributed by atoms with Crippen LogP contribution in [0.3, 0.4) is 0 Å². The van der Waals surface area contributed by atoms with Crippen LogP contribution in [0.1, 0.15) is 26.5 Å². The monoisotopic (exact) mass is 332 g/mol.